The van der Waals surface area contributed by atoms with Crippen LogP contribution in [0.4, 0.5) is 18.0 Å². The molecule has 4 nitrogen and oxygen atoms in total. The second-order valence-electron chi connectivity index (χ2n) is 7.41. The second-order valence-corrected chi connectivity index (χ2v) is 7.41. The molecule has 0 aromatic heterocycles. The fourth-order valence-corrected chi connectivity index (χ4v) is 3.48. The molecule has 2 atom stereocenters. The van der Waals surface area contributed by atoms with Crippen LogP contribution in [0.3, 0.4) is 0 Å². The van der Waals surface area contributed by atoms with Gasteiger partial charge < -0.3 is 15.0 Å². The summed E-state index contributed by atoms with van der Waals surface area (Å²) in [6.45, 7) is 6.29. The van der Waals surface area contributed by atoms with Crippen LogP contribution in [-0.4, -0.2) is 48.9 Å². The van der Waals surface area contributed by atoms with Crippen LogP contribution in [0.15, 0.2) is 0 Å². The Bertz CT molecular complexity index is 412. The van der Waals surface area contributed by atoms with Crippen molar-refractivity contribution in [1.29, 1.82) is 0 Å². The van der Waals surface area contributed by atoms with Crippen LogP contribution in [0.2, 0.25) is 0 Å². The summed E-state index contributed by atoms with van der Waals surface area (Å²) in [5, 5.41) is 3.09. The number of hydrogen-bond donors (Lipinski definition) is 1. The highest BCUT2D eigenvalue weighted by Crippen LogP contribution is 2.49. The molecule has 0 unspecified atom stereocenters. The Morgan fingerprint density at radius 1 is 1.27 bits per heavy atom. The first-order valence-corrected chi connectivity index (χ1v) is 7.79. The average molecular weight is 322 g/mol. The number of amides is 1. The molecule has 22 heavy (non-hydrogen) atoms. The molecule has 0 saturated carbocycles. The lowest BCUT2D eigenvalue weighted by molar-refractivity contribution is -0.224. The summed E-state index contributed by atoms with van der Waals surface area (Å²) in [6.07, 6.45) is -3.28. The van der Waals surface area contributed by atoms with Gasteiger partial charge in [0.2, 0.25) is 0 Å². The fraction of sp³-hybridized carbons (Fsp3) is 0.933. The van der Waals surface area contributed by atoms with E-state index in [-0.39, 0.29) is 6.54 Å². The van der Waals surface area contributed by atoms with Gasteiger partial charge in [0, 0.05) is 19.6 Å². The van der Waals surface area contributed by atoms with Crippen molar-refractivity contribution in [2.24, 2.45) is 11.3 Å². The second kappa shape index (κ2) is 5.91. The summed E-state index contributed by atoms with van der Waals surface area (Å²) in [5.41, 5.74) is -1.48. The minimum absolute atomic E-state index is 0.305. The van der Waals surface area contributed by atoms with Gasteiger partial charge >= 0.3 is 12.3 Å². The average Bonchev–Trinajstić information content (AvgIpc) is 2.36. The molecule has 2 aliphatic heterocycles. The van der Waals surface area contributed by atoms with E-state index >= 15 is 0 Å². The number of nitrogens with zero attached hydrogens (tertiary/aromatic N) is 1. The van der Waals surface area contributed by atoms with Crippen LogP contribution in [0.25, 0.3) is 0 Å². The van der Waals surface area contributed by atoms with E-state index in [0.29, 0.717) is 25.9 Å². The molecule has 2 heterocycles. The number of carbonyl (C=O) groups is 1. The SMILES string of the molecule is CC(C)(C)OC(=O)N1CC[C@@]2(CCCNC2)[C@H](C(F)(F)F)C1. The van der Waals surface area contributed by atoms with E-state index in [2.05, 4.69) is 5.32 Å². The number of likely N-dealkylation sites (tertiary alicyclic amines) is 1. The van der Waals surface area contributed by atoms with E-state index < -0.39 is 29.2 Å². The number of carbonyl (C=O) groups excluding carboxylic acids is 1. The molecule has 128 valence electrons. The van der Waals surface area contributed by atoms with E-state index in [1.54, 1.807) is 20.8 Å². The number of piperidine rings is 2. The molecule has 2 saturated heterocycles. The third-order valence-corrected chi connectivity index (χ3v) is 4.57. The number of nitrogens with one attached hydrogen (secondary N) is 1. The molecule has 0 aromatic rings. The maximum absolute atomic E-state index is 13.5. The highest BCUT2D eigenvalue weighted by atomic mass is 19.4. The molecular formula is C15H25F3N2O2. The summed E-state index contributed by atoms with van der Waals surface area (Å²) in [4.78, 5) is 13.3. The quantitative estimate of drug-likeness (QED) is 0.745. The zero-order valence-electron chi connectivity index (χ0n) is 13.4. The van der Waals surface area contributed by atoms with Gasteiger partial charge in [-0.05, 0) is 52.0 Å². The molecule has 2 aliphatic rings. The topological polar surface area (TPSA) is 41.6 Å². The molecule has 0 aromatic carbocycles. The van der Waals surface area contributed by atoms with Crippen molar-refractivity contribution >= 4 is 6.09 Å². The van der Waals surface area contributed by atoms with Gasteiger partial charge in [-0.15, -0.1) is 0 Å². The summed E-state index contributed by atoms with van der Waals surface area (Å²) >= 11 is 0. The Labute approximate surface area is 129 Å². The first-order chi connectivity index (χ1) is 10.0. The third kappa shape index (κ3) is 3.86. The minimum atomic E-state index is -4.31. The zero-order valence-corrected chi connectivity index (χ0v) is 13.4. The molecular weight excluding hydrogens is 297 g/mol. The molecule has 0 bridgehead atoms. The van der Waals surface area contributed by atoms with Gasteiger partial charge in [-0.25, -0.2) is 4.79 Å². The van der Waals surface area contributed by atoms with Crippen molar-refractivity contribution in [3.63, 3.8) is 0 Å². The number of rotatable bonds is 0. The lowest BCUT2D eigenvalue weighted by atomic mass is 9.65. The smallest absolute Gasteiger partial charge is 0.410 e. The van der Waals surface area contributed by atoms with Crippen LogP contribution >= 0.6 is 0 Å². The Kier molecular flexibility index (Phi) is 4.66. The lowest BCUT2D eigenvalue weighted by Crippen LogP contribution is -2.59. The van der Waals surface area contributed by atoms with Gasteiger partial charge in [0.25, 0.3) is 0 Å². The summed E-state index contributed by atoms with van der Waals surface area (Å²) < 4.78 is 45.8. The highest BCUT2D eigenvalue weighted by Gasteiger charge is 2.56. The first-order valence-electron chi connectivity index (χ1n) is 7.79. The number of halogens is 3. The van der Waals surface area contributed by atoms with Gasteiger partial charge in [0.1, 0.15) is 5.60 Å². The monoisotopic (exact) mass is 322 g/mol. The van der Waals surface area contributed by atoms with Crippen LogP contribution in [-0.2, 0) is 4.74 Å². The van der Waals surface area contributed by atoms with Crippen molar-refractivity contribution in [3.8, 4) is 0 Å². The maximum atomic E-state index is 13.5. The molecule has 2 rings (SSSR count). The van der Waals surface area contributed by atoms with Crippen LogP contribution in [0.5, 0.6) is 0 Å². The van der Waals surface area contributed by atoms with Crippen molar-refractivity contribution in [2.75, 3.05) is 26.2 Å². The van der Waals surface area contributed by atoms with Gasteiger partial charge in [0.15, 0.2) is 0 Å². The molecule has 0 aliphatic carbocycles. The van der Waals surface area contributed by atoms with Gasteiger partial charge in [-0.2, -0.15) is 13.2 Å². The van der Waals surface area contributed by atoms with Gasteiger partial charge in [-0.3, -0.25) is 0 Å². The lowest BCUT2D eigenvalue weighted by Gasteiger charge is -2.50. The van der Waals surface area contributed by atoms with Gasteiger partial charge in [0.05, 0.1) is 5.92 Å². The van der Waals surface area contributed by atoms with Crippen molar-refractivity contribution in [1.82, 2.24) is 10.2 Å². The van der Waals surface area contributed by atoms with E-state index in [1.807, 2.05) is 0 Å². The van der Waals surface area contributed by atoms with Crippen LogP contribution in [0.1, 0.15) is 40.0 Å². The predicted molar refractivity (Wildman–Crippen MR) is 76.5 cm³/mol. The summed E-state index contributed by atoms with van der Waals surface area (Å²) in [7, 11) is 0. The molecule has 0 radical (unpaired) electrons. The van der Waals surface area contributed by atoms with E-state index in [9.17, 15) is 18.0 Å². The predicted octanol–water partition coefficient (Wildman–Crippen LogP) is 3.18. The van der Waals surface area contributed by atoms with E-state index in [1.165, 1.54) is 4.90 Å². The Hall–Kier alpha value is -0.980. The summed E-state index contributed by atoms with van der Waals surface area (Å²) in [6, 6.07) is 0. The largest absolute Gasteiger partial charge is 0.444 e. The van der Waals surface area contributed by atoms with Crippen molar-refractivity contribution < 1.29 is 22.7 Å². The van der Waals surface area contributed by atoms with Crippen molar-refractivity contribution in [3.05, 3.63) is 0 Å². The maximum Gasteiger partial charge on any atom is 0.410 e. The summed E-state index contributed by atoms with van der Waals surface area (Å²) in [5.74, 6) is -1.49. The van der Waals surface area contributed by atoms with Crippen LogP contribution in [0, 0.1) is 11.3 Å². The van der Waals surface area contributed by atoms with E-state index in [4.69, 9.17) is 4.74 Å². The number of hydrogen-bond acceptors (Lipinski definition) is 3. The van der Waals surface area contributed by atoms with Gasteiger partial charge in [-0.1, -0.05) is 0 Å². The van der Waals surface area contributed by atoms with Crippen LogP contribution < -0.4 is 5.32 Å². The molecule has 1 amide bonds. The van der Waals surface area contributed by atoms with Crippen molar-refractivity contribution in [2.45, 2.75) is 51.8 Å². The van der Waals surface area contributed by atoms with E-state index in [0.717, 1.165) is 13.0 Å². The zero-order chi connectivity index (χ0) is 16.6. The first kappa shape index (κ1) is 17.4. The standard InChI is InChI=1S/C15H25F3N2O2/c1-13(2,3)22-12(21)20-8-6-14(5-4-7-19-10-14)11(9-20)15(16,17)18/h11,19H,4-10H2,1-3H3/t11-,14-/m1/s1. The highest BCUT2D eigenvalue weighted by molar-refractivity contribution is 5.68. The molecule has 2 fully saturated rings. The number of ether oxygens (including phenoxy) is 1. The Morgan fingerprint density at radius 3 is 2.45 bits per heavy atom. The number of alkyl halides is 3. The Morgan fingerprint density at radius 2 is 1.95 bits per heavy atom. The molecule has 1 N–H and O–H groups in total. The molecule has 1 spiro atoms. The normalized spacial score (nSPS) is 30.5. The molecule has 7 heteroatoms. The third-order valence-electron chi connectivity index (χ3n) is 4.57. The fourth-order valence-electron chi connectivity index (χ4n) is 3.48. The Balaban J connectivity index is 2.14. The minimum Gasteiger partial charge on any atom is -0.444 e.